The lowest BCUT2D eigenvalue weighted by Gasteiger charge is -2.08. The van der Waals surface area contributed by atoms with Crippen LogP contribution in [-0.2, 0) is 7.05 Å². The van der Waals surface area contributed by atoms with Crippen LogP contribution in [0.1, 0.15) is 227 Å². The normalized spacial score (nSPS) is 10.8. The smallest absolute Gasteiger partial charge is 0.131 e. The second kappa shape index (κ2) is 54.4. The molecule has 0 N–H and O–H groups in total. The Kier molecular flexibility index (Phi) is 42.0. The number of aryl methyl sites for hydroxylation is 1. The molecule has 4 aromatic heterocycles. The molecule has 708 valence electrons. The molecule has 0 amide bonds. The van der Waals surface area contributed by atoms with Gasteiger partial charge in [0.1, 0.15) is 23.2 Å². The van der Waals surface area contributed by atoms with Gasteiger partial charge in [0.25, 0.3) is 0 Å². The van der Waals surface area contributed by atoms with Gasteiger partial charge in [-0.1, -0.05) is 421 Å². The third-order valence-electron chi connectivity index (χ3n) is 23.7. The van der Waals surface area contributed by atoms with E-state index in [0.29, 0.717) is 64.4 Å². The molecule has 5 nitrogen and oxygen atoms in total. The fourth-order valence-corrected chi connectivity index (χ4v) is 16.2. The largest absolute Gasteiger partial charge is 0.497 e. The number of pyridine rings is 2. The summed E-state index contributed by atoms with van der Waals surface area (Å²) in [6.45, 7) is 39.4. The van der Waals surface area contributed by atoms with E-state index in [4.69, 9.17) is 16.3 Å². The third kappa shape index (κ3) is 33.1. The standard InChI is InChI=1S/C17H18N2.C16H18O.2C15H15F.C15H16.2C14H15N.C13H13FS.C9H11Cl/c1-12(2)13-5-4-6-14(9-13)15-7-8-17-16(10-15)11-18-19(17)3;1-12(2)14-5-4-6-15(11-14)13-7-9-16(17-3)10-8-13;1-11(2)12-6-5-7-13(10-12)14-8-3-4-9-15(14)16;1-11(2)13-4-3-5-14(10-13)12-6-8-15(16)9-7-12;1-12(2)14-9-6-10-15(11-14)13-7-4-3-5-8-13;1-11(2)12-5-3-6-13(9-12)14-7-4-8-15-10-14;1-11(2)13-4-3-5-14(10-13)12-6-8-15-9-7-12;1-9(2)13-7-10(8-15-13)11-5-3-4-6-12(11)14;1-7(2)8-4-3-5-9(10)6-8/h4-12H,1-3H3;4-12H,1-3H3;2*3-11H,1-2H3;3-12H,1-2H3;2*3-11H,1-2H3;3-9H,1-2H3;3-7H,1-2H3. The van der Waals surface area contributed by atoms with Gasteiger partial charge in [0, 0.05) is 58.2 Å². The summed E-state index contributed by atoms with van der Waals surface area (Å²) in [6.07, 6.45) is 9.29. The average molecular weight is 1870 g/mol. The van der Waals surface area contributed by atoms with Crippen molar-refractivity contribution in [1.29, 1.82) is 0 Å². The van der Waals surface area contributed by atoms with E-state index >= 15 is 0 Å². The number of hydrogen-bond acceptors (Lipinski definition) is 5. The van der Waals surface area contributed by atoms with Gasteiger partial charge in [-0.05, 0) is 266 Å². The molecule has 0 aliphatic heterocycles. The molecule has 0 saturated heterocycles. The molecule has 0 radical (unpaired) electrons. The lowest BCUT2D eigenvalue weighted by Crippen LogP contribution is -1.89. The predicted molar refractivity (Wildman–Crippen MR) is 587 cm³/mol. The summed E-state index contributed by atoms with van der Waals surface area (Å²) in [6, 6.07) is 124. The number of hydrogen-bond donors (Lipinski definition) is 0. The van der Waals surface area contributed by atoms with Crippen molar-refractivity contribution in [2.75, 3.05) is 7.11 Å². The molecular formula is C128H136ClF3N4OS. The van der Waals surface area contributed by atoms with Gasteiger partial charge in [-0.2, -0.15) is 5.10 Å². The van der Waals surface area contributed by atoms with Gasteiger partial charge in [0.2, 0.25) is 0 Å². The zero-order valence-electron chi connectivity index (χ0n) is 84.0. The van der Waals surface area contributed by atoms with E-state index in [1.54, 1.807) is 36.8 Å². The van der Waals surface area contributed by atoms with Crippen molar-refractivity contribution in [1.82, 2.24) is 19.7 Å². The van der Waals surface area contributed by atoms with E-state index < -0.39 is 0 Å². The average Bonchev–Trinajstić information content (AvgIpc) is 1.72. The Morgan fingerprint density at radius 1 is 0.268 bits per heavy atom. The number of benzene rings is 14. The second-order valence-corrected chi connectivity index (χ2v) is 38.5. The van der Waals surface area contributed by atoms with Crippen LogP contribution >= 0.6 is 22.9 Å². The van der Waals surface area contributed by atoms with E-state index in [9.17, 15) is 13.2 Å². The van der Waals surface area contributed by atoms with Crippen molar-refractivity contribution in [2.45, 2.75) is 178 Å². The molecule has 18 rings (SSSR count). The quantitative estimate of drug-likeness (QED) is 0.0859. The fourth-order valence-electron chi connectivity index (χ4n) is 15.1. The van der Waals surface area contributed by atoms with Crippen molar-refractivity contribution in [3.63, 3.8) is 0 Å². The van der Waals surface area contributed by atoms with Crippen LogP contribution in [0.3, 0.4) is 0 Å². The summed E-state index contributed by atoms with van der Waals surface area (Å²) in [5, 5.41) is 8.33. The van der Waals surface area contributed by atoms with E-state index in [-0.39, 0.29) is 17.5 Å². The topological polar surface area (TPSA) is 52.8 Å². The summed E-state index contributed by atoms with van der Waals surface area (Å²) in [4.78, 5) is 9.46. The maximum absolute atomic E-state index is 13.6. The molecule has 18 aromatic rings. The minimum atomic E-state index is -0.191. The van der Waals surface area contributed by atoms with Crippen LogP contribution in [0, 0.1) is 17.5 Å². The van der Waals surface area contributed by atoms with Gasteiger partial charge in [-0.15, -0.1) is 11.3 Å². The fraction of sp³-hybridized carbons (Fsp3) is 0.227. The SMILES string of the molecule is CC(C)c1cc(-c2ccccc2F)cs1.CC(C)c1cccc(-c2ccc(F)cc2)c1.CC(C)c1cccc(-c2ccc3c(cnn3C)c2)c1.CC(C)c1cccc(-c2ccccc2)c1.CC(C)c1cccc(-c2ccccc2F)c1.CC(C)c1cccc(-c2cccnc2)c1.CC(C)c1cccc(-c2ccncc2)c1.CC(C)c1cccc(Cl)c1.COc1ccc(-c2cccc(C(C)C)c2)cc1. The van der Waals surface area contributed by atoms with Gasteiger partial charge in [0.15, 0.2) is 0 Å². The summed E-state index contributed by atoms with van der Waals surface area (Å²) < 4.78 is 47.0. The number of fused-ring (bicyclic) bond motifs is 1. The molecule has 10 heteroatoms. The highest BCUT2D eigenvalue weighted by atomic mass is 35.5. The molecule has 138 heavy (non-hydrogen) atoms. The molecule has 0 spiro atoms. The zero-order valence-corrected chi connectivity index (χ0v) is 85.6. The van der Waals surface area contributed by atoms with Gasteiger partial charge < -0.3 is 4.74 Å². The number of aromatic nitrogens is 4. The number of rotatable bonds is 18. The molecule has 4 heterocycles. The molecule has 0 aliphatic carbocycles. The summed E-state index contributed by atoms with van der Waals surface area (Å²) in [5.41, 5.74) is 30.0. The Labute approximate surface area is 830 Å². The monoisotopic (exact) mass is 1870 g/mol. The van der Waals surface area contributed by atoms with E-state index in [1.165, 1.54) is 140 Å². The van der Waals surface area contributed by atoms with Crippen molar-refractivity contribution >= 4 is 33.8 Å². The first-order valence-electron chi connectivity index (χ1n) is 48.1. The number of nitrogens with zero attached hydrogens (tertiary/aromatic N) is 4. The summed E-state index contributed by atoms with van der Waals surface area (Å²) in [5.74, 6) is 5.31. The zero-order chi connectivity index (χ0) is 99.2. The predicted octanol–water partition coefficient (Wildman–Crippen LogP) is 38.4. The lowest BCUT2D eigenvalue weighted by molar-refractivity contribution is 0.415. The van der Waals surface area contributed by atoms with Crippen LogP contribution in [0.15, 0.2) is 406 Å². The first-order chi connectivity index (χ1) is 66.4. The third-order valence-corrected chi connectivity index (χ3v) is 25.2. The van der Waals surface area contributed by atoms with Gasteiger partial charge in [0.05, 0.1) is 18.8 Å². The van der Waals surface area contributed by atoms with Gasteiger partial charge >= 0.3 is 0 Å². The van der Waals surface area contributed by atoms with Crippen molar-refractivity contribution < 1.29 is 17.9 Å². The molecule has 0 saturated carbocycles. The van der Waals surface area contributed by atoms with Gasteiger partial charge in [-0.3, -0.25) is 14.6 Å². The minimum absolute atomic E-state index is 0.148. The van der Waals surface area contributed by atoms with E-state index in [1.807, 2.05) is 145 Å². The van der Waals surface area contributed by atoms with Crippen molar-refractivity contribution in [2.24, 2.45) is 7.05 Å². The summed E-state index contributed by atoms with van der Waals surface area (Å²) >= 11 is 7.48. The molecule has 0 atom stereocenters. The van der Waals surface area contributed by atoms with Crippen molar-refractivity contribution in [3.8, 4) is 94.8 Å². The maximum atomic E-state index is 13.6. The first-order valence-corrected chi connectivity index (χ1v) is 49.4. The highest BCUT2D eigenvalue weighted by Crippen LogP contribution is 2.36. The van der Waals surface area contributed by atoms with E-state index in [2.05, 4.69) is 370 Å². The Balaban J connectivity index is 0.000000161. The molecule has 0 fully saturated rings. The van der Waals surface area contributed by atoms with Crippen LogP contribution in [-0.4, -0.2) is 26.9 Å². The van der Waals surface area contributed by atoms with Crippen LogP contribution in [0.25, 0.3) is 99.9 Å². The number of thiophene rings is 1. The van der Waals surface area contributed by atoms with Gasteiger partial charge in [-0.25, -0.2) is 13.2 Å². The number of ether oxygens (including phenoxy) is 1. The Morgan fingerprint density at radius 2 is 0.594 bits per heavy atom. The highest BCUT2D eigenvalue weighted by Gasteiger charge is 2.14. The Hall–Kier alpha value is -13.6. The Morgan fingerprint density at radius 3 is 0.971 bits per heavy atom. The number of halogens is 4. The molecule has 0 aliphatic rings. The van der Waals surface area contributed by atoms with Crippen LogP contribution < -0.4 is 4.74 Å². The van der Waals surface area contributed by atoms with E-state index in [0.717, 1.165) is 33.0 Å². The molecule has 0 unspecified atom stereocenters. The maximum Gasteiger partial charge on any atom is 0.131 e. The van der Waals surface area contributed by atoms with Crippen molar-refractivity contribution in [3.05, 3.63) is 478 Å². The highest BCUT2D eigenvalue weighted by molar-refractivity contribution is 7.10. The summed E-state index contributed by atoms with van der Waals surface area (Å²) in [7, 11) is 3.66. The first kappa shape index (κ1) is 106. The second-order valence-electron chi connectivity index (χ2n) is 37.1. The number of methoxy groups -OCH3 is 1. The minimum Gasteiger partial charge on any atom is -0.497 e. The van der Waals surface area contributed by atoms with Crippen LogP contribution in [0.5, 0.6) is 5.75 Å². The van der Waals surface area contributed by atoms with Crippen LogP contribution in [0.2, 0.25) is 5.02 Å². The molecule has 14 aromatic carbocycles. The van der Waals surface area contributed by atoms with Crippen LogP contribution in [0.4, 0.5) is 13.2 Å². The lowest BCUT2D eigenvalue weighted by atomic mass is 9.97. The Bertz CT molecular complexity index is 6470. The molecule has 0 bridgehead atoms. The molecular weight excluding hydrogens is 1730 g/mol.